The van der Waals surface area contributed by atoms with Crippen LogP contribution in [0.3, 0.4) is 0 Å². The number of rotatable bonds is 5. The van der Waals surface area contributed by atoms with E-state index in [1.165, 1.54) is 36.4 Å². The number of carbonyl (C=O) groups is 2. The Balaban J connectivity index is 1.48. The first-order chi connectivity index (χ1) is 13.5. The van der Waals surface area contributed by atoms with Crippen molar-refractivity contribution < 1.29 is 18.9 Å². The zero-order chi connectivity index (χ0) is 20.1. The summed E-state index contributed by atoms with van der Waals surface area (Å²) in [5, 5.41) is 13.5. The first-order valence-corrected chi connectivity index (χ1v) is 9.02. The van der Waals surface area contributed by atoms with Gasteiger partial charge in [0.1, 0.15) is 5.82 Å². The summed E-state index contributed by atoms with van der Waals surface area (Å²) in [6.45, 7) is 1.47. The maximum absolute atomic E-state index is 13.8. The molecule has 0 spiro atoms. The molecule has 0 saturated carbocycles. The molecule has 2 aromatic carbocycles. The minimum absolute atomic E-state index is 0.0663. The Kier molecular flexibility index (Phi) is 5.98. The summed E-state index contributed by atoms with van der Waals surface area (Å²) in [4.78, 5) is 36.4. The second kappa shape index (κ2) is 8.60. The molecule has 2 amide bonds. The summed E-state index contributed by atoms with van der Waals surface area (Å²) in [6.07, 6.45) is 1.42. The van der Waals surface area contributed by atoms with Crippen molar-refractivity contribution >= 4 is 17.5 Å². The van der Waals surface area contributed by atoms with Crippen LogP contribution in [0.5, 0.6) is 0 Å². The normalized spacial score (nSPS) is 14.5. The van der Waals surface area contributed by atoms with E-state index >= 15 is 0 Å². The summed E-state index contributed by atoms with van der Waals surface area (Å²) in [5.74, 6) is -0.914. The highest BCUT2D eigenvalue weighted by Gasteiger charge is 2.25. The van der Waals surface area contributed by atoms with Gasteiger partial charge in [-0.15, -0.1) is 0 Å². The number of hydrogen-bond acceptors (Lipinski definition) is 4. The average Bonchev–Trinajstić information content (AvgIpc) is 2.72. The van der Waals surface area contributed by atoms with Crippen molar-refractivity contribution in [1.82, 2.24) is 10.2 Å². The molecule has 0 radical (unpaired) electrons. The molecule has 8 heteroatoms. The van der Waals surface area contributed by atoms with Gasteiger partial charge in [-0.1, -0.05) is 12.1 Å². The topological polar surface area (TPSA) is 92.6 Å². The number of likely N-dealkylation sites (tertiary alicyclic amines) is 1. The van der Waals surface area contributed by atoms with Crippen LogP contribution in [0.4, 0.5) is 10.1 Å². The predicted molar refractivity (Wildman–Crippen MR) is 100 cm³/mol. The summed E-state index contributed by atoms with van der Waals surface area (Å²) >= 11 is 0. The van der Waals surface area contributed by atoms with E-state index in [2.05, 4.69) is 5.32 Å². The molecule has 0 bridgehead atoms. The van der Waals surface area contributed by atoms with Crippen LogP contribution >= 0.6 is 0 Å². The van der Waals surface area contributed by atoms with Crippen molar-refractivity contribution in [2.45, 2.75) is 12.8 Å². The van der Waals surface area contributed by atoms with Crippen LogP contribution in [0.15, 0.2) is 48.5 Å². The average molecular weight is 385 g/mol. The van der Waals surface area contributed by atoms with Crippen molar-refractivity contribution in [3.63, 3.8) is 0 Å². The Bertz CT molecular complexity index is 877. The van der Waals surface area contributed by atoms with Gasteiger partial charge in [0.2, 0.25) is 0 Å². The van der Waals surface area contributed by atoms with Crippen molar-refractivity contribution in [3.8, 4) is 0 Å². The van der Waals surface area contributed by atoms with Crippen LogP contribution in [-0.4, -0.2) is 41.3 Å². The SMILES string of the molecule is O=C(NCC1CCN(C(=O)c2ccccc2F)CC1)c1ccc([N+](=O)[O-])cc1. The summed E-state index contributed by atoms with van der Waals surface area (Å²) in [6, 6.07) is 11.4. The van der Waals surface area contributed by atoms with Gasteiger partial charge in [-0.05, 0) is 43.0 Å². The quantitative estimate of drug-likeness (QED) is 0.632. The van der Waals surface area contributed by atoms with E-state index in [1.807, 2.05) is 0 Å². The van der Waals surface area contributed by atoms with E-state index in [4.69, 9.17) is 0 Å². The molecule has 0 unspecified atom stereocenters. The Labute approximate surface area is 161 Å². The van der Waals surface area contributed by atoms with Crippen molar-refractivity contribution in [3.05, 3.63) is 75.6 Å². The van der Waals surface area contributed by atoms with Crippen LogP contribution in [0.25, 0.3) is 0 Å². The molecule has 2 aromatic rings. The number of carbonyl (C=O) groups excluding carboxylic acids is 2. The second-order valence-corrected chi connectivity index (χ2v) is 6.73. The number of benzene rings is 2. The lowest BCUT2D eigenvalue weighted by Crippen LogP contribution is -2.41. The third-order valence-electron chi connectivity index (χ3n) is 4.90. The summed E-state index contributed by atoms with van der Waals surface area (Å²) in [5.41, 5.74) is 0.369. The molecule has 1 aliphatic rings. The van der Waals surface area contributed by atoms with Crippen molar-refractivity contribution in [2.24, 2.45) is 5.92 Å². The number of amides is 2. The van der Waals surface area contributed by atoms with Crippen LogP contribution in [0.2, 0.25) is 0 Å². The summed E-state index contributed by atoms with van der Waals surface area (Å²) < 4.78 is 13.8. The van der Waals surface area contributed by atoms with Crippen LogP contribution in [0.1, 0.15) is 33.6 Å². The number of hydrogen-bond donors (Lipinski definition) is 1. The van der Waals surface area contributed by atoms with E-state index in [9.17, 15) is 24.1 Å². The molecule has 1 saturated heterocycles. The van der Waals surface area contributed by atoms with Crippen LogP contribution < -0.4 is 5.32 Å². The van der Waals surface area contributed by atoms with Gasteiger partial charge in [0.25, 0.3) is 17.5 Å². The van der Waals surface area contributed by atoms with Gasteiger partial charge < -0.3 is 10.2 Å². The van der Waals surface area contributed by atoms with Gasteiger partial charge in [0, 0.05) is 37.3 Å². The molecule has 1 fully saturated rings. The molecule has 146 valence electrons. The lowest BCUT2D eigenvalue weighted by atomic mass is 9.96. The third-order valence-corrected chi connectivity index (χ3v) is 4.90. The predicted octanol–water partition coefficient (Wildman–Crippen LogP) is 3.02. The molecule has 1 N–H and O–H groups in total. The molecule has 0 aromatic heterocycles. The number of nitro groups is 1. The number of nitrogens with zero attached hydrogens (tertiary/aromatic N) is 2. The fraction of sp³-hybridized carbons (Fsp3) is 0.300. The minimum Gasteiger partial charge on any atom is -0.352 e. The van der Waals surface area contributed by atoms with E-state index < -0.39 is 10.7 Å². The Morgan fingerprint density at radius 1 is 1.11 bits per heavy atom. The fourth-order valence-electron chi connectivity index (χ4n) is 3.22. The Morgan fingerprint density at radius 3 is 2.36 bits per heavy atom. The first-order valence-electron chi connectivity index (χ1n) is 9.02. The van der Waals surface area contributed by atoms with Gasteiger partial charge in [-0.3, -0.25) is 19.7 Å². The zero-order valence-electron chi connectivity index (χ0n) is 15.1. The maximum atomic E-state index is 13.8. The Hall–Kier alpha value is -3.29. The highest BCUT2D eigenvalue weighted by Crippen LogP contribution is 2.20. The first kappa shape index (κ1) is 19.5. The molecule has 28 heavy (non-hydrogen) atoms. The second-order valence-electron chi connectivity index (χ2n) is 6.73. The third kappa shape index (κ3) is 4.51. The zero-order valence-corrected chi connectivity index (χ0v) is 15.1. The highest BCUT2D eigenvalue weighted by atomic mass is 19.1. The fourth-order valence-corrected chi connectivity index (χ4v) is 3.22. The summed E-state index contributed by atoms with van der Waals surface area (Å²) in [7, 11) is 0. The molecular formula is C20H20FN3O4. The Morgan fingerprint density at radius 2 is 1.75 bits per heavy atom. The molecular weight excluding hydrogens is 365 g/mol. The van der Waals surface area contributed by atoms with Crippen LogP contribution in [-0.2, 0) is 0 Å². The molecule has 1 aliphatic heterocycles. The van der Waals surface area contributed by atoms with Gasteiger partial charge in [0.15, 0.2) is 0 Å². The largest absolute Gasteiger partial charge is 0.352 e. The molecule has 0 atom stereocenters. The highest BCUT2D eigenvalue weighted by molar-refractivity contribution is 5.95. The van der Waals surface area contributed by atoms with Gasteiger partial charge in [0.05, 0.1) is 10.5 Å². The van der Waals surface area contributed by atoms with Crippen LogP contribution in [0, 0.1) is 21.8 Å². The maximum Gasteiger partial charge on any atom is 0.269 e. The molecule has 1 heterocycles. The van der Waals surface area contributed by atoms with E-state index in [1.54, 1.807) is 17.0 Å². The molecule has 7 nitrogen and oxygen atoms in total. The number of nitro benzene ring substituents is 1. The number of piperidine rings is 1. The van der Waals surface area contributed by atoms with E-state index in [0.717, 1.165) is 0 Å². The number of nitrogens with one attached hydrogen (secondary N) is 1. The van der Waals surface area contributed by atoms with Gasteiger partial charge >= 0.3 is 0 Å². The molecule has 0 aliphatic carbocycles. The lowest BCUT2D eigenvalue weighted by molar-refractivity contribution is -0.384. The standard InChI is InChI=1S/C20H20FN3O4/c21-18-4-2-1-3-17(18)20(26)23-11-9-14(10-12-23)13-22-19(25)15-5-7-16(8-6-15)24(27)28/h1-8,14H,9-13H2,(H,22,25). The van der Waals surface area contributed by atoms with E-state index in [0.29, 0.717) is 38.0 Å². The van der Waals surface area contributed by atoms with E-state index in [-0.39, 0.29) is 29.0 Å². The molecule has 3 rings (SSSR count). The minimum atomic E-state index is -0.523. The monoisotopic (exact) mass is 385 g/mol. The van der Waals surface area contributed by atoms with Crippen molar-refractivity contribution in [2.75, 3.05) is 19.6 Å². The van der Waals surface area contributed by atoms with Gasteiger partial charge in [-0.2, -0.15) is 0 Å². The number of halogens is 1. The number of non-ortho nitro benzene ring substituents is 1. The lowest BCUT2D eigenvalue weighted by Gasteiger charge is -2.32. The van der Waals surface area contributed by atoms with Gasteiger partial charge in [-0.25, -0.2) is 4.39 Å². The smallest absolute Gasteiger partial charge is 0.269 e. The van der Waals surface area contributed by atoms with Crippen molar-refractivity contribution in [1.29, 1.82) is 0 Å².